The average Bonchev–Trinajstić information content (AvgIpc) is 0.952. The first-order valence-electron chi connectivity index (χ1n) is 34.8. The first-order chi connectivity index (χ1) is 43.9. The summed E-state index contributed by atoms with van der Waals surface area (Å²) in [6, 6.07) is -33.1. The van der Waals surface area contributed by atoms with E-state index in [-0.39, 0.29) is 16.2 Å². The van der Waals surface area contributed by atoms with E-state index in [0.29, 0.717) is 0 Å². The highest BCUT2D eigenvalue weighted by Crippen LogP contribution is 2.46. The lowest BCUT2D eigenvalue weighted by Crippen LogP contribution is -1.91. The summed E-state index contributed by atoms with van der Waals surface area (Å²) < 4.78 is 323. The maximum Gasteiger partial charge on any atom is 0.136 e. The van der Waals surface area contributed by atoms with Gasteiger partial charge in [-0.3, -0.25) is 0 Å². The molecular weight excluding hydrogens is 729 g/mol. The Morgan fingerprint density at radius 1 is 0.267 bits per heavy atom. The molecule has 11 aromatic carbocycles. The SMILES string of the molecule is [2H]c1c([2H])c(-c2c3c([2H])c([2H])c([2H])c([2H])c3c(-c3c([2H])c([2H])c4c(-c5c([2H])c([2H])c6c(oc7c([2H])c([2H])c8oc9c([2H])c([2H])c([2H])c([2H])c9c8c76)c5[2H])c([2H])c([2H])c([2H])c4c3[2H])c3c([2H])c([2H])c([2H])c([2H])c23)c([2H])c([2H])c1-c1c([2H])c([2H])c([2H])c2c([2H])c([2H])c([2H])c([2H])c12. The van der Waals surface area contributed by atoms with E-state index in [1.165, 1.54) is 0 Å². The molecule has 13 aromatic rings. The van der Waals surface area contributed by atoms with E-state index in [1.807, 2.05) is 0 Å². The Kier molecular flexibility index (Phi) is 3.01. The van der Waals surface area contributed by atoms with E-state index in [9.17, 15) is 23.3 Å². The fourth-order valence-electron chi connectivity index (χ4n) is 7.53. The number of fused-ring (bicyclic) bond motifs is 11. The Bertz CT molecular complexity index is 5790. The molecular formula is C58H34O2. The van der Waals surface area contributed by atoms with Crippen LogP contribution in [0.5, 0.6) is 0 Å². The summed E-state index contributed by atoms with van der Waals surface area (Å²) in [4.78, 5) is 0. The molecule has 2 heterocycles. The van der Waals surface area contributed by atoms with Gasteiger partial charge < -0.3 is 8.83 Å². The van der Waals surface area contributed by atoms with Crippen molar-refractivity contribution < 1.29 is 55.4 Å². The molecule has 60 heavy (non-hydrogen) atoms. The molecule has 2 nitrogen and oxygen atoms in total. The number of hydrogen-bond acceptors (Lipinski definition) is 2. The molecule has 0 spiro atoms. The second-order valence-electron chi connectivity index (χ2n) is 13.3. The summed E-state index contributed by atoms with van der Waals surface area (Å²) in [5.41, 5.74) is -8.89. The summed E-state index contributed by atoms with van der Waals surface area (Å²) in [6.07, 6.45) is 0. The Balaban J connectivity index is 1.17. The van der Waals surface area contributed by atoms with Crippen molar-refractivity contribution in [2.45, 2.75) is 0 Å². The molecule has 2 aromatic heterocycles. The van der Waals surface area contributed by atoms with Crippen molar-refractivity contribution >= 4 is 87.0 Å². The Hall–Kier alpha value is -7.94. The van der Waals surface area contributed by atoms with Gasteiger partial charge in [0.15, 0.2) is 0 Å². The van der Waals surface area contributed by atoms with Crippen LogP contribution in [0.25, 0.3) is 131 Å². The lowest BCUT2D eigenvalue weighted by Gasteiger charge is -2.18. The molecule has 0 aliphatic rings. The lowest BCUT2D eigenvalue weighted by molar-refractivity contribution is 0.663. The van der Waals surface area contributed by atoms with Crippen molar-refractivity contribution in [2.75, 3.05) is 0 Å². The smallest absolute Gasteiger partial charge is 0.136 e. The van der Waals surface area contributed by atoms with Gasteiger partial charge in [-0.1, -0.05) is 169 Å². The van der Waals surface area contributed by atoms with Crippen LogP contribution in [0, 0.1) is 0 Å². The van der Waals surface area contributed by atoms with Gasteiger partial charge in [-0.05, 0) is 124 Å². The topological polar surface area (TPSA) is 26.3 Å². The van der Waals surface area contributed by atoms with Gasteiger partial charge in [-0.25, -0.2) is 0 Å². The normalized spacial score (nSPS) is 19.9. The van der Waals surface area contributed by atoms with Crippen LogP contribution in [0.1, 0.15) is 46.6 Å². The van der Waals surface area contributed by atoms with Gasteiger partial charge in [0.05, 0.1) is 46.6 Å². The van der Waals surface area contributed by atoms with Crippen LogP contribution in [-0.4, -0.2) is 0 Å². The molecule has 0 bridgehead atoms. The van der Waals surface area contributed by atoms with Crippen molar-refractivity contribution in [1.82, 2.24) is 0 Å². The predicted molar refractivity (Wildman–Crippen MR) is 253 cm³/mol. The quantitative estimate of drug-likeness (QED) is 0.166. The molecule has 0 aliphatic heterocycles. The van der Waals surface area contributed by atoms with Gasteiger partial charge in [-0.15, -0.1) is 0 Å². The van der Waals surface area contributed by atoms with Gasteiger partial charge in [0.1, 0.15) is 22.3 Å². The summed E-state index contributed by atoms with van der Waals surface area (Å²) >= 11 is 0. The van der Waals surface area contributed by atoms with Crippen molar-refractivity contribution in [3.63, 3.8) is 0 Å². The summed E-state index contributed by atoms with van der Waals surface area (Å²) in [5, 5.41) is -7.63. The Morgan fingerprint density at radius 3 is 1.42 bits per heavy atom. The zero-order chi connectivity index (χ0) is 68.9. The Morgan fingerprint density at radius 2 is 0.717 bits per heavy atom. The minimum absolute atomic E-state index is 0.256. The van der Waals surface area contributed by atoms with E-state index in [1.54, 1.807) is 0 Å². The van der Waals surface area contributed by atoms with E-state index < -0.39 is 321 Å². The number of hydrogen-bond donors (Lipinski definition) is 0. The predicted octanol–water partition coefficient (Wildman–Crippen LogP) is 16.8. The zero-order valence-electron chi connectivity index (χ0n) is 63.8. The molecule has 0 saturated heterocycles. The molecule has 0 aliphatic carbocycles. The third-order valence-corrected chi connectivity index (χ3v) is 10.1. The lowest BCUT2D eigenvalue weighted by atomic mass is 9.85. The standard InChI is InChI=1S/C58H34O2/c1-2-14-41-35(11-1)12-9-20-42(41)36-23-25-37(26-24-36)55-45-15-3-5-17-47(45)56(48-18-6-4-16-46(48)55)40-28-29-44-38(33-40)13-10-21-43(44)39-27-30-50-54(34-39)60-53-32-31-52-57(58(50)53)49-19-7-8-22-51(49)59-52/h1-34H/i1D,2D,3D,4D,5D,6D,7D,8D,9D,10D,11D,12D,13D,14D,15D,16D,17D,18D,19D,20D,21D,22D,23D,24D,25D,26D,27D,28D,29D,30D,31D,32D,33D,34D. The molecule has 278 valence electrons. The largest absolute Gasteiger partial charge is 0.456 e. The molecule has 0 radical (unpaired) electrons. The van der Waals surface area contributed by atoms with Crippen LogP contribution in [0.4, 0.5) is 0 Å². The van der Waals surface area contributed by atoms with Crippen LogP contribution in [0.3, 0.4) is 0 Å². The van der Waals surface area contributed by atoms with Crippen molar-refractivity contribution in [1.29, 1.82) is 0 Å². The van der Waals surface area contributed by atoms with E-state index in [4.69, 9.17) is 32.1 Å². The van der Waals surface area contributed by atoms with Crippen LogP contribution in [0.2, 0.25) is 0 Å². The van der Waals surface area contributed by atoms with E-state index in [0.717, 1.165) is 0 Å². The third-order valence-electron chi connectivity index (χ3n) is 10.1. The van der Waals surface area contributed by atoms with E-state index >= 15 is 0 Å². The molecule has 0 saturated carbocycles. The van der Waals surface area contributed by atoms with Gasteiger partial charge in [0.2, 0.25) is 0 Å². The third kappa shape index (κ3) is 4.88. The van der Waals surface area contributed by atoms with E-state index in [2.05, 4.69) is 0 Å². The van der Waals surface area contributed by atoms with Crippen molar-refractivity contribution in [2.24, 2.45) is 0 Å². The molecule has 13 rings (SSSR count). The minimum Gasteiger partial charge on any atom is -0.456 e. The molecule has 0 amide bonds. The summed E-state index contributed by atoms with van der Waals surface area (Å²) in [5.74, 6) is 0. The van der Waals surface area contributed by atoms with Gasteiger partial charge >= 0.3 is 0 Å². The van der Waals surface area contributed by atoms with Crippen molar-refractivity contribution in [3.8, 4) is 44.5 Å². The van der Waals surface area contributed by atoms with Crippen LogP contribution in [-0.2, 0) is 0 Å². The maximum atomic E-state index is 10.1. The van der Waals surface area contributed by atoms with Crippen LogP contribution < -0.4 is 0 Å². The number of para-hydroxylation sites is 1. The van der Waals surface area contributed by atoms with Gasteiger partial charge in [-0.2, -0.15) is 0 Å². The first-order valence-corrected chi connectivity index (χ1v) is 17.8. The highest BCUT2D eigenvalue weighted by atomic mass is 16.3. The highest BCUT2D eigenvalue weighted by Gasteiger charge is 2.19. The number of rotatable bonds is 4. The fourth-order valence-corrected chi connectivity index (χ4v) is 7.53. The second kappa shape index (κ2) is 12.8. The van der Waals surface area contributed by atoms with Gasteiger partial charge in [0.25, 0.3) is 0 Å². The highest BCUT2D eigenvalue weighted by molar-refractivity contribution is 6.26. The molecule has 0 N–H and O–H groups in total. The van der Waals surface area contributed by atoms with Crippen molar-refractivity contribution in [3.05, 3.63) is 205 Å². The molecule has 0 fully saturated rings. The van der Waals surface area contributed by atoms with Crippen LogP contribution in [0.15, 0.2) is 214 Å². The molecule has 0 atom stereocenters. The van der Waals surface area contributed by atoms with Gasteiger partial charge in [0, 0.05) is 21.5 Å². The minimum atomic E-state index is -1.17. The fraction of sp³-hybridized carbons (Fsp3) is 0. The molecule has 0 unspecified atom stereocenters. The molecule has 2 heteroatoms. The summed E-state index contributed by atoms with van der Waals surface area (Å²) in [7, 11) is 0. The Labute approximate surface area is 392 Å². The average molecular weight is 797 g/mol. The first kappa shape index (κ1) is 14.1. The van der Waals surface area contributed by atoms with Crippen LogP contribution >= 0.6 is 0 Å². The second-order valence-corrected chi connectivity index (χ2v) is 13.3. The maximum absolute atomic E-state index is 10.1. The monoisotopic (exact) mass is 796 g/mol. The number of furan rings is 2. The zero-order valence-corrected chi connectivity index (χ0v) is 29.8. The number of benzene rings is 11. The summed E-state index contributed by atoms with van der Waals surface area (Å²) in [6.45, 7) is 0.